The van der Waals surface area contributed by atoms with Crippen molar-refractivity contribution in [1.82, 2.24) is 0 Å². The lowest BCUT2D eigenvalue weighted by Gasteiger charge is -2.21. The van der Waals surface area contributed by atoms with Crippen LogP contribution in [0, 0.1) is 0 Å². The molecule has 6 nitrogen and oxygen atoms in total. The molecule has 0 aliphatic rings. The zero-order chi connectivity index (χ0) is 23.5. The molecule has 0 heterocycles. The van der Waals surface area contributed by atoms with E-state index in [1.165, 1.54) is 0 Å². The van der Waals surface area contributed by atoms with Gasteiger partial charge in [-0.3, -0.25) is 9.59 Å². The minimum Gasteiger partial charge on any atom is -0.460 e. The first-order valence-corrected chi connectivity index (χ1v) is 11.1. The van der Waals surface area contributed by atoms with Gasteiger partial charge in [-0.05, 0) is 36.0 Å². The molecule has 1 unspecified atom stereocenters. The van der Waals surface area contributed by atoms with Gasteiger partial charge in [-0.15, -0.1) is 0 Å². The van der Waals surface area contributed by atoms with Crippen LogP contribution in [0.2, 0.25) is 0 Å². The van der Waals surface area contributed by atoms with Crippen LogP contribution >= 0.6 is 0 Å². The van der Waals surface area contributed by atoms with Crippen LogP contribution in [0.1, 0.15) is 42.1 Å². The zero-order valence-corrected chi connectivity index (χ0v) is 18.5. The molecule has 0 spiro atoms. The minimum atomic E-state index is -0.813. The molecule has 6 heteroatoms. The van der Waals surface area contributed by atoms with Gasteiger partial charge in [-0.1, -0.05) is 91.0 Å². The Morgan fingerprint density at radius 3 is 1.64 bits per heavy atom. The molecule has 4 N–H and O–H groups in total. The van der Waals surface area contributed by atoms with Crippen molar-refractivity contribution in [3.63, 3.8) is 0 Å². The molecule has 3 rings (SSSR count). The Balaban J connectivity index is 1.47. The summed E-state index contributed by atoms with van der Waals surface area (Å²) in [6.07, 6.45) is 0.685. The Labute approximate surface area is 194 Å². The second-order valence-corrected chi connectivity index (χ2v) is 7.88. The molecule has 0 amide bonds. The van der Waals surface area contributed by atoms with E-state index in [1.807, 2.05) is 91.0 Å². The summed E-state index contributed by atoms with van der Waals surface area (Å²) in [5.74, 6) is -0.962. The molecule has 0 radical (unpaired) electrons. The summed E-state index contributed by atoms with van der Waals surface area (Å²) in [4.78, 5) is 24.8. The maximum atomic E-state index is 12.7. The summed E-state index contributed by atoms with van der Waals surface area (Å²) < 4.78 is 11.0. The van der Waals surface area contributed by atoms with Crippen LogP contribution in [0.3, 0.4) is 0 Å². The van der Waals surface area contributed by atoms with Crippen LogP contribution < -0.4 is 11.5 Å². The molecule has 0 saturated heterocycles. The topological polar surface area (TPSA) is 105 Å². The van der Waals surface area contributed by atoms with Crippen LogP contribution in [0.5, 0.6) is 0 Å². The van der Waals surface area contributed by atoms with Crippen molar-refractivity contribution in [3.05, 3.63) is 108 Å². The first-order chi connectivity index (χ1) is 16.0. The van der Waals surface area contributed by atoms with E-state index in [0.717, 1.165) is 16.7 Å². The first kappa shape index (κ1) is 24.2. The zero-order valence-electron chi connectivity index (χ0n) is 18.5. The molecule has 0 aliphatic heterocycles. The van der Waals surface area contributed by atoms with Crippen molar-refractivity contribution >= 4 is 11.9 Å². The minimum absolute atomic E-state index is 0.180. The number of nitrogens with two attached hydrogens (primary N) is 2. The Kier molecular flexibility index (Phi) is 9.18. The summed E-state index contributed by atoms with van der Waals surface area (Å²) in [5, 5.41) is 0. The van der Waals surface area contributed by atoms with E-state index in [9.17, 15) is 9.59 Å². The van der Waals surface area contributed by atoms with Gasteiger partial charge in [0.05, 0.1) is 0 Å². The van der Waals surface area contributed by atoms with Gasteiger partial charge in [0, 0.05) is 0 Å². The molecule has 0 saturated carbocycles. The Morgan fingerprint density at radius 2 is 1.12 bits per heavy atom. The van der Waals surface area contributed by atoms with Gasteiger partial charge in [0.15, 0.2) is 6.10 Å². The van der Waals surface area contributed by atoms with Crippen molar-refractivity contribution in [3.8, 4) is 0 Å². The lowest BCUT2D eigenvalue weighted by atomic mass is 10.0. The predicted molar refractivity (Wildman–Crippen MR) is 127 cm³/mol. The Hall–Kier alpha value is -3.48. The predicted octanol–water partition coefficient (Wildman–Crippen LogP) is 3.89. The average molecular weight is 447 g/mol. The number of esters is 2. The quantitative estimate of drug-likeness (QED) is 0.433. The smallest absolute Gasteiger partial charge is 0.323 e. The SMILES string of the molecule is NC(CCC[C@H](N)C(=O)OC(c1ccccc1)c1ccccc1)C(=O)OCc1ccccc1. The second kappa shape index (κ2) is 12.5. The number of carbonyl (C=O) groups excluding carboxylic acids is 2. The number of rotatable bonds is 11. The van der Waals surface area contributed by atoms with Crippen LogP contribution in [0.15, 0.2) is 91.0 Å². The molecule has 33 heavy (non-hydrogen) atoms. The van der Waals surface area contributed by atoms with E-state index < -0.39 is 30.1 Å². The lowest BCUT2D eigenvalue weighted by molar-refractivity contribution is -0.149. The molecule has 172 valence electrons. The maximum Gasteiger partial charge on any atom is 0.323 e. The summed E-state index contributed by atoms with van der Waals surface area (Å²) >= 11 is 0. The molecular weight excluding hydrogens is 416 g/mol. The summed E-state index contributed by atoms with van der Waals surface area (Å²) in [6, 6.07) is 26.9. The third kappa shape index (κ3) is 7.56. The summed E-state index contributed by atoms with van der Waals surface area (Å²) in [7, 11) is 0. The van der Waals surface area contributed by atoms with Gasteiger partial charge in [0.2, 0.25) is 0 Å². The van der Waals surface area contributed by atoms with E-state index >= 15 is 0 Å². The van der Waals surface area contributed by atoms with Crippen LogP contribution in [-0.2, 0) is 25.7 Å². The van der Waals surface area contributed by atoms with Crippen molar-refractivity contribution in [2.75, 3.05) is 0 Å². The van der Waals surface area contributed by atoms with Crippen molar-refractivity contribution in [1.29, 1.82) is 0 Å². The first-order valence-electron chi connectivity index (χ1n) is 11.1. The highest BCUT2D eigenvalue weighted by atomic mass is 16.5. The molecule has 0 aromatic heterocycles. The Bertz CT molecular complexity index is 957. The van der Waals surface area contributed by atoms with Gasteiger partial charge >= 0.3 is 11.9 Å². The number of hydrogen-bond donors (Lipinski definition) is 2. The maximum absolute atomic E-state index is 12.7. The monoisotopic (exact) mass is 446 g/mol. The van der Waals surface area contributed by atoms with Crippen LogP contribution in [-0.4, -0.2) is 24.0 Å². The third-order valence-electron chi connectivity index (χ3n) is 5.30. The second-order valence-electron chi connectivity index (χ2n) is 7.88. The van der Waals surface area contributed by atoms with Gasteiger partial charge < -0.3 is 20.9 Å². The Morgan fingerprint density at radius 1 is 0.667 bits per heavy atom. The molecule has 3 aromatic rings. The van der Waals surface area contributed by atoms with E-state index in [2.05, 4.69) is 0 Å². The third-order valence-corrected chi connectivity index (χ3v) is 5.30. The normalized spacial score (nSPS) is 12.7. The molecule has 2 atom stereocenters. The van der Waals surface area contributed by atoms with Gasteiger partial charge in [-0.25, -0.2) is 0 Å². The molecular formula is C27H30N2O4. The fourth-order valence-corrected chi connectivity index (χ4v) is 3.42. The fraction of sp³-hybridized carbons (Fsp3) is 0.259. The van der Waals surface area contributed by atoms with Crippen molar-refractivity contribution < 1.29 is 19.1 Å². The largest absolute Gasteiger partial charge is 0.460 e. The van der Waals surface area contributed by atoms with Gasteiger partial charge in [0.1, 0.15) is 18.7 Å². The van der Waals surface area contributed by atoms with Crippen molar-refractivity contribution in [2.45, 2.75) is 44.1 Å². The highest BCUT2D eigenvalue weighted by Gasteiger charge is 2.24. The number of carbonyl (C=O) groups is 2. The number of hydrogen-bond acceptors (Lipinski definition) is 6. The standard InChI is InChI=1S/C27H30N2O4/c28-23(26(30)32-19-20-11-4-1-5-12-20)17-10-18-24(29)27(31)33-25(21-13-6-2-7-14-21)22-15-8-3-9-16-22/h1-9,11-16,23-25H,10,17-19,28-29H2/t23?,24-/m0/s1. The number of benzene rings is 3. The summed E-state index contributed by atoms with van der Waals surface area (Å²) in [5.41, 5.74) is 14.7. The van der Waals surface area contributed by atoms with E-state index in [4.69, 9.17) is 20.9 Å². The van der Waals surface area contributed by atoms with Gasteiger partial charge in [0.25, 0.3) is 0 Å². The van der Waals surface area contributed by atoms with Crippen LogP contribution in [0.25, 0.3) is 0 Å². The highest BCUT2D eigenvalue weighted by molar-refractivity contribution is 5.76. The van der Waals surface area contributed by atoms with Gasteiger partial charge in [-0.2, -0.15) is 0 Å². The van der Waals surface area contributed by atoms with E-state index in [-0.39, 0.29) is 6.61 Å². The summed E-state index contributed by atoms with van der Waals surface area (Å²) in [6.45, 7) is 0.180. The lowest BCUT2D eigenvalue weighted by Crippen LogP contribution is -2.35. The van der Waals surface area contributed by atoms with E-state index in [0.29, 0.717) is 19.3 Å². The molecule has 0 aliphatic carbocycles. The average Bonchev–Trinajstić information content (AvgIpc) is 2.87. The van der Waals surface area contributed by atoms with Crippen LogP contribution in [0.4, 0.5) is 0 Å². The highest BCUT2D eigenvalue weighted by Crippen LogP contribution is 2.26. The number of ether oxygens (including phenoxy) is 2. The van der Waals surface area contributed by atoms with E-state index in [1.54, 1.807) is 0 Å². The fourth-order valence-electron chi connectivity index (χ4n) is 3.42. The molecule has 3 aromatic carbocycles. The molecule has 0 bridgehead atoms. The van der Waals surface area contributed by atoms with Crippen molar-refractivity contribution in [2.24, 2.45) is 11.5 Å². The molecule has 0 fully saturated rings.